The standard InChI is InChI=1S/C17H16FNO3/c1-22-17(21)14-6-2-13(3-7-14)11-19-16(20)10-12-4-8-15(18)9-5-12/h2-9H,10-11H2,1H3,(H,19,20). The van der Waals surface area contributed by atoms with Crippen molar-refractivity contribution in [3.05, 3.63) is 71.0 Å². The van der Waals surface area contributed by atoms with Crippen molar-refractivity contribution in [3.63, 3.8) is 0 Å². The molecule has 0 aliphatic rings. The molecule has 0 saturated carbocycles. The number of esters is 1. The Balaban J connectivity index is 1.85. The van der Waals surface area contributed by atoms with E-state index < -0.39 is 5.97 Å². The summed E-state index contributed by atoms with van der Waals surface area (Å²) in [6.45, 7) is 0.363. The smallest absolute Gasteiger partial charge is 0.337 e. The van der Waals surface area contributed by atoms with Crippen molar-refractivity contribution in [1.29, 1.82) is 0 Å². The minimum absolute atomic E-state index is 0.149. The number of carbonyl (C=O) groups excluding carboxylic acids is 2. The first-order chi connectivity index (χ1) is 10.6. The first kappa shape index (κ1) is 15.7. The number of ether oxygens (including phenoxy) is 1. The van der Waals surface area contributed by atoms with Gasteiger partial charge >= 0.3 is 5.97 Å². The molecule has 2 aromatic rings. The number of rotatable bonds is 5. The van der Waals surface area contributed by atoms with Gasteiger partial charge in [0.2, 0.25) is 5.91 Å². The molecule has 0 heterocycles. The third-order valence-corrected chi connectivity index (χ3v) is 3.14. The molecule has 0 aliphatic carbocycles. The zero-order valence-electron chi connectivity index (χ0n) is 12.1. The van der Waals surface area contributed by atoms with Gasteiger partial charge in [-0.1, -0.05) is 24.3 Å². The zero-order chi connectivity index (χ0) is 15.9. The van der Waals surface area contributed by atoms with Gasteiger partial charge in [0.05, 0.1) is 19.1 Å². The summed E-state index contributed by atoms with van der Waals surface area (Å²) < 4.78 is 17.4. The summed E-state index contributed by atoms with van der Waals surface area (Å²) in [5.41, 5.74) is 2.09. The van der Waals surface area contributed by atoms with E-state index in [9.17, 15) is 14.0 Å². The summed E-state index contributed by atoms with van der Waals surface area (Å²) in [4.78, 5) is 23.1. The quantitative estimate of drug-likeness (QED) is 0.863. The third-order valence-electron chi connectivity index (χ3n) is 3.14. The number of carbonyl (C=O) groups is 2. The average molecular weight is 301 g/mol. The van der Waals surface area contributed by atoms with E-state index in [0.29, 0.717) is 12.1 Å². The van der Waals surface area contributed by atoms with Gasteiger partial charge < -0.3 is 10.1 Å². The van der Waals surface area contributed by atoms with Gasteiger partial charge in [-0.2, -0.15) is 0 Å². The second-order valence-electron chi connectivity index (χ2n) is 4.77. The SMILES string of the molecule is COC(=O)c1ccc(CNC(=O)Cc2ccc(F)cc2)cc1. The van der Waals surface area contributed by atoms with Crippen LogP contribution in [0.3, 0.4) is 0 Å². The van der Waals surface area contributed by atoms with E-state index >= 15 is 0 Å². The number of halogens is 1. The molecule has 1 N–H and O–H groups in total. The Morgan fingerprint density at radius 3 is 2.18 bits per heavy atom. The molecule has 22 heavy (non-hydrogen) atoms. The van der Waals surface area contributed by atoms with Crippen LogP contribution in [0.15, 0.2) is 48.5 Å². The fourth-order valence-electron chi connectivity index (χ4n) is 1.93. The first-order valence-electron chi connectivity index (χ1n) is 6.77. The van der Waals surface area contributed by atoms with Crippen LogP contribution < -0.4 is 5.32 Å². The molecule has 114 valence electrons. The molecular weight excluding hydrogens is 285 g/mol. The first-order valence-corrected chi connectivity index (χ1v) is 6.77. The molecule has 1 amide bonds. The van der Waals surface area contributed by atoms with Crippen LogP contribution in [0, 0.1) is 5.82 Å². The van der Waals surface area contributed by atoms with Crippen molar-refractivity contribution in [2.24, 2.45) is 0 Å². The van der Waals surface area contributed by atoms with E-state index in [1.54, 1.807) is 36.4 Å². The van der Waals surface area contributed by atoms with E-state index in [4.69, 9.17) is 0 Å². The maximum atomic E-state index is 12.8. The summed E-state index contributed by atoms with van der Waals surface area (Å²) in [5, 5.41) is 2.78. The number of nitrogens with one attached hydrogen (secondary N) is 1. The van der Waals surface area contributed by atoms with Gasteiger partial charge in [0, 0.05) is 6.54 Å². The Hall–Kier alpha value is -2.69. The molecule has 2 rings (SSSR count). The number of methoxy groups -OCH3 is 1. The minimum atomic E-state index is -0.396. The number of hydrogen-bond donors (Lipinski definition) is 1. The summed E-state index contributed by atoms with van der Waals surface area (Å²) in [5.74, 6) is -0.870. The third kappa shape index (κ3) is 4.41. The molecule has 0 aromatic heterocycles. The van der Waals surface area contributed by atoms with Gasteiger partial charge in [-0.15, -0.1) is 0 Å². The maximum absolute atomic E-state index is 12.8. The monoisotopic (exact) mass is 301 g/mol. The highest BCUT2D eigenvalue weighted by Crippen LogP contribution is 2.06. The maximum Gasteiger partial charge on any atom is 0.337 e. The van der Waals surface area contributed by atoms with Crippen molar-refractivity contribution in [3.8, 4) is 0 Å². The lowest BCUT2D eigenvalue weighted by Gasteiger charge is -2.06. The van der Waals surface area contributed by atoms with E-state index in [0.717, 1.165) is 11.1 Å². The van der Waals surface area contributed by atoms with E-state index in [2.05, 4.69) is 10.1 Å². The molecule has 0 bridgehead atoms. The van der Waals surface area contributed by atoms with Crippen LogP contribution in [-0.2, 0) is 22.5 Å². The average Bonchev–Trinajstić information content (AvgIpc) is 2.55. The lowest BCUT2D eigenvalue weighted by atomic mass is 10.1. The van der Waals surface area contributed by atoms with Gasteiger partial charge in [-0.25, -0.2) is 9.18 Å². The predicted molar refractivity (Wildman–Crippen MR) is 79.7 cm³/mol. The molecule has 0 aliphatic heterocycles. The normalized spacial score (nSPS) is 10.1. The summed E-state index contributed by atoms with van der Waals surface area (Å²) in [6.07, 6.45) is 0.195. The lowest BCUT2D eigenvalue weighted by molar-refractivity contribution is -0.120. The summed E-state index contributed by atoms with van der Waals surface area (Å²) in [6, 6.07) is 12.6. The molecule has 0 atom stereocenters. The van der Waals surface area contributed by atoms with Crippen LogP contribution in [0.5, 0.6) is 0 Å². The Bertz CT molecular complexity index is 651. The van der Waals surface area contributed by atoms with E-state index in [1.807, 2.05) is 0 Å². The highest BCUT2D eigenvalue weighted by molar-refractivity contribution is 5.89. The van der Waals surface area contributed by atoms with Gasteiger partial charge in [0.25, 0.3) is 0 Å². The van der Waals surface area contributed by atoms with E-state index in [-0.39, 0.29) is 18.1 Å². The molecule has 0 spiro atoms. The minimum Gasteiger partial charge on any atom is -0.465 e. The number of benzene rings is 2. The molecular formula is C17H16FNO3. The van der Waals surface area contributed by atoms with E-state index in [1.165, 1.54) is 19.2 Å². The second kappa shape index (κ2) is 7.36. The Labute approximate surface area is 127 Å². The molecule has 0 unspecified atom stereocenters. The number of hydrogen-bond acceptors (Lipinski definition) is 3. The largest absolute Gasteiger partial charge is 0.465 e. The van der Waals surface area contributed by atoms with Crippen molar-refractivity contribution >= 4 is 11.9 Å². The Morgan fingerprint density at radius 1 is 1.00 bits per heavy atom. The zero-order valence-corrected chi connectivity index (χ0v) is 12.1. The Morgan fingerprint density at radius 2 is 1.59 bits per heavy atom. The number of amides is 1. The van der Waals surface area contributed by atoms with Gasteiger partial charge in [0.15, 0.2) is 0 Å². The van der Waals surface area contributed by atoms with Crippen LogP contribution in [-0.4, -0.2) is 19.0 Å². The van der Waals surface area contributed by atoms with Crippen molar-refractivity contribution < 1.29 is 18.7 Å². The summed E-state index contributed by atoms with van der Waals surface area (Å²) in [7, 11) is 1.33. The fraction of sp³-hybridized carbons (Fsp3) is 0.176. The van der Waals surface area contributed by atoms with Crippen molar-refractivity contribution in [1.82, 2.24) is 5.32 Å². The second-order valence-corrected chi connectivity index (χ2v) is 4.77. The molecule has 0 fully saturated rings. The van der Waals surface area contributed by atoms with Crippen LogP contribution in [0.4, 0.5) is 4.39 Å². The van der Waals surface area contributed by atoms with Gasteiger partial charge in [-0.05, 0) is 35.4 Å². The molecule has 0 radical (unpaired) electrons. The van der Waals surface area contributed by atoms with Gasteiger partial charge in [-0.3, -0.25) is 4.79 Å². The molecule has 2 aromatic carbocycles. The van der Waals surface area contributed by atoms with Crippen molar-refractivity contribution in [2.45, 2.75) is 13.0 Å². The molecule has 4 nitrogen and oxygen atoms in total. The fourth-order valence-corrected chi connectivity index (χ4v) is 1.93. The highest BCUT2D eigenvalue weighted by Gasteiger charge is 2.06. The van der Waals surface area contributed by atoms with Gasteiger partial charge in [0.1, 0.15) is 5.82 Å². The molecule has 5 heteroatoms. The van der Waals surface area contributed by atoms with Crippen LogP contribution in [0.1, 0.15) is 21.5 Å². The predicted octanol–water partition coefficient (Wildman–Crippen LogP) is 2.47. The topological polar surface area (TPSA) is 55.4 Å². The highest BCUT2D eigenvalue weighted by atomic mass is 19.1. The summed E-state index contributed by atoms with van der Waals surface area (Å²) >= 11 is 0. The van der Waals surface area contributed by atoms with Crippen molar-refractivity contribution in [2.75, 3.05) is 7.11 Å². The van der Waals surface area contributed by atoms with Crippen LogP contribution >= 0.6 is 0 Å². The lowest BCUT2D eigenvalue weighted by Crippen LogP contribution is -2.24. The van der Waals surface area contributed by atoms with Crippen LogP contribution in [0.25, 0.3) is 0 Å². The Kier molecular flexibility index (Phi) is 5.25. The van der Waals surface area contributed by atoms with Crippen LogP contribution in [0.2, 0.25) is 0 Å². The molecule has 0 saturated heterocycles.